The Bertz CT molecular complexity index is 1140. The lowest BCUT2D eigenvalue weighted by molar-refractivity contribution is -0.113. The molecule has 33 heavy (non-hydrogen) atoms. The second kappa shape index (κ2) is 10.5. The third kappa shape index (κ3) is 6.14. The van der Waals surface area contributed by atoms with Gasteiger partial charge in [-0.2, -0.15) is 0 Å². The van der Waals surface area contributed by atoms with E-state index in [1.54, 1.807) is 36.4 Å². The summed E-state index contributed by atoms with van der Waals surface area (Å²) in [7, 11) is 2.98. The van der Waals surface area contributed by atoms with Crippen LogP contribution in [0.4, 0.5) is 16.5 Å². The van der Waals surface area contributed by atoms with Gasteiger partial charge in [0.1, 0.15) is 11.5 Å². The van der Waals surface area contributed by atoms with E-state index in [-0.39, 0.29) is 17.6 Å². The van der Waals surface area contributed by atoms with Crippen LogP contribution in [0, 0.1) is 0 Å². The molecule has 172 valence electrons. The average Bonchev–Trinajstić information content (AvgIpc) is 3.54. The molecule has 0 unspecified atom stereocenters. The van der Waals surface area contributed by atoms with Gasteiger partial charge in [-0.1, -0.05) is 41.3 Å². The van der Waals surface area contributed by atoms with E-state index >= 15 is 0 Å². The number of nitrogens with zero attached hydrogens (tertiary/aromatic N) is 2. The fourth-order valence-corrected chi connectivity index (χ4v) is 4.55. The minimum absolute atomic E-state index is 0.163. The summed E-state index contributed by atoms with van der Waals surface area (Å²) in [5.41, 5.74) is 1.38. The highest BCUT2D eigenvalue weighted by Gasteiger charge is 2.22. The Hall–Kier alpha value is -3.31. The van der Waals surface area contributed by atoms with E-state index in [1.165, 1.54) is 37.3 Å². The molecule has 1 fully saturated rings. The number of carbonyl (C=O) groups is 2. The largest absolute Gasteiger partial charge is 0.494 e. The predicted octanol–water partition coefficient (Wildman–Crippen LogP) is 4.11. The summed E-state index contributed by atoms with van der Waals surface area (Å²) in [5.74, 6) is 0.438. The van der Waals surface area contributed by atoms with Gasteiger partial charge in [0.15, 0.2) is 4.34 Å². The number of anilines is 3. The van der Waals surface area contributed by atoms with Crippen LogP contribution >= 0.6 is 23.1 Å². The lowest BCUT2D eigenvalue weighted by Crippen LogP contribution is -2.16. The van der Waals surface area contributed by atoms with Crippen LogP contribution in [0.1, 0.15) is 23.2 Å². The van der Waals surface area contributed by atoms with Crippen LogP contribution in [-0.4, -0.2) is 48.0 Å². The number of benzene rings is 2. The SMILES string of the molecule is COc1cc(NC(=O)c2ccccc2)c(OC)cc1NC(=O)CSc1nnc(NC2CC2)s1. The molecule has 0 aliphatic heterocycles. The van der Waals surface area contributed by atoms with Crippen molar-refractivity contribution in [2.24, 2.45) is 0 Å². The van der Waals surface area contributed by atoms with E-state index in [9.17, 15) is 9.59 Å². The first-order chi connectivity index (χ1) is 16.1. The van der Waals surface area contributed by atoms with Gasteiger partial charge < -0.3 is 25.4 Å². The molecule has 0 radical (unpaired) electrons. The van der Waals surface area contributed by atoms with Crippen molar-refractivity contribution in [3.05, 3.63) is 48.0 Å². The van der Waals surface area contributed by atoms with Gasteiger partial charge in [-0.25, -0.2) is 0 Å². The molecule has 1 aliphatic rings. The Morgan fingerprint density at radius 2 is 1.70 bits per heavy atom. The molecule has 2 amide bonds. The van der Waals surface area contributed by atoms with Gasteiger partial charge in [-0.3, -0.25) is 9.59 Å². The molecule has 1 aromatic heterocycles. The summed E-state index contributed by atoms with van der Waals surface area (Å²) in [6.07, 6.45) is 2.31. The number of hydrogen-bond acceptors (Lipinski definition) is 9. The number of aromatic nitrogens is 2. The average molecular weight is 486 g/mol. The number of thioether (sulfide) groups is 1. The van der Waals surface area contributed by atoms with Crippen molar-refractivity contribution in [2.45, 2.75) is 23.2 Å². The molecular formula is C22H23N5O4S2. The first kappa shape index (κ1) is 22.9. The number of carbonyl (C=O) groups excluding carboxylic acids is 2. The van der Waals surface area contributed by atoms with Gasteiger partial charge >= 0.3 is 0 Å². The third-order valence-electron chi connectivity index (χ3n) is 4.72. The lowest BCUT2D eigenvalue weighted by Gasteiger charge is -2.16. The topological polar surface area (TPSA) is 114 Å². The highest BCUT2D eigenvalue weighted by Crippen LogP contribution is 2.37. The summed E-state index contributed by atoms with van der Waals surface area (Å²) in [6, 6.07) is 12.6. The Morgan fingerprint density at radius 1 is 1.03 bits per heavy atom. The molecule has 3 N–H and O–H groups in total. The predicted molar refractivity (Wildman–Crippen MR) is 130 cm³/mol. The number of ether oxygens (including phenoxy) is 2. The molecule has 3 aromatic rings. The van der Waals surface area contributed by atoms with Crippen molar-refractivity contribution < 1.29 is 19.1 Å². The van der Waals surface area contributed by atoms with Crippen LogP contribution in [0.25, 0.3) is 0 Å². The minimum atomic E-state index is -0.281. The number of amides is 2. The number of methoxy groups -OCH3 is 2. The Labute approximate surface area is 199 Å². The van der Waals surface area contributed by atoms with Crippen LogP contribution in [0.3, 0.4) is 0 Å². The Balaban J connectivity index is 1.40. The molecule has 0 spiro atoms. The van der Waals surface area contributed by atoms with Crippen molar-refractivity contribution in [1.82, 2.24) is 10.2 Å². The van der Waals surface area contributed by atoms with Crippen molar-refractivity contribution in [3.63, 3.8) is 0 Å². The van der Waals surface area contributed by atoms with Gasteiger partial charge in [0.05, 0.1) is 31.3 Å². The summed E-state index contributed by atoms with van der Waals surface area (Å²) < 4.78 is 11.6. The first-order valence-corrected chi connectivity index (χ1v) is 12.0. The lowest BCUT2D eigenvalue weighted by atomic mass is 10.2. The molecule has 11 heteroatoms. The standard InChI is InChI=1S/C22H23N5O4S2/c1-30-17-11-16(25-20(29)13-6-4-3-5-7-13)18(31-2)10-15(17)24-19(28)12-32-22-27-26-21(33-22)23-14-8-9-14/h3-7,10-11,14H,8-9,12H2,1-2H3,(H,23,26)(H,24,28)(H,25,29). The summed E-state index contributed by atoms with van der Waals surface area (Å²) >= 11 is 2.75. The molecule has 4 rings (SSSR count). The summed E-state index contributed by atoms with van der Waals surface area (Å²) in [4.78, 5) is 25.1. The van der Waals surface area contributed by atoms with Crippen LogP contribution in [0.2, 0.25) is 0 Å². The van der Waals surface area contributed by atoms with Crippen molar-refractivity contribution in [1.29, 1.82) is 0 Å². The van der Waals surface area contributed by atoms with Crippen LogP contribution < -0.4 is 25.4 Å². The highest BCUT2D eigenvalue weighted by atomic mass is 32.2. The summed E-state index contributed by atoms with van der Waals surface area (Å²) in [6.45, 7) is 0. The van der Waals surface area contributed by atoms with Gasteiger partial charge in [0.2, 0.25) is 11.0 Å². The maximum atomic E-state index is 12.5. The fraction of sp³-hybridized carbons (Fsp3) is 0.273. The molecule has 2 aromatic carbocycles. The van der Waals surface area contributed by atoms with E-state index < -0.39 is 0 Å². The number of nitrogens with one attached hydrogen (secondary N) is 3. The van der Waals surface area contributed by atoms with Crippen molar-refractivity contribution in [3.8, 4) is 11.5 Å². The van der Waals surface area contributed by atoms with Gasteiger partial charge in [-0.05, 0) is 25.0 Å². The van der Waals surface area contributed by atoms with Gasteiger partial charge in [0.25, 0.3) is 5.91 Å². The number of hydrogen-bond donors (Lipinski definition) is 3. The number of rotatable bonds is 10. The maximum absolute atomic E-state index is 12.5. The molecular weight excluding hydrogens is 462 g/mol. The second-order valence-electron chi connectivity index (χ2n) is 7.20. The van der Waals surface area contributed by atoms with E-state index in [0.29, 0.717) is 34.5 Å². The normalized spacial score (nSPS) is 12.7. The van der Waals surface area contributed by atoms with E-state index in [0.717, 1.165) is 22.3 Å². The third-order valence-corrected chi connectivity index (χ3v) is 6.71. The van der Waals surface area contributed by atoms with Gasteiger partial charge in [-0.15, -0.1) is 10.2 Å². The molecule has 1 heterocycles. The fourth-order valence-electron chi connectivity index (χ4n) is 2.92. The van der Waals surface area contributed by atoms with Crippen LogP contribution in [0.5, 0.6) is 11.5 Å². The Morgan fingerprint density at radius 3 is 2.33 bits per heavy atom. The van der Waals surface area contributed by atoms with Crippen molar-refractivity contribution in [2.75, 3.05) is 35.9 Å². The van der Waals surface area contributed by atoms with E-state index in [1.807, 2.05) is 6.07 Å². The van der Waals surface area contributed by atoms with E-state index in [4.69, 9.17) is 9.47 Å². The zero-order chi connectivity index (χ0) is 23.2. The molecule has 9 nitrogen and oxygen atoms in total. The minimum Gasteiger partial charge on any atom is -0.494 e. The summed E-state index contributed by atoms with van der Waals surface area (Å²) in [5, 5.41) is 17.9. The van der Waals surface area contributed by atoms with E-state index in [2.05, 4.69) is 26.1 Å². The molecule has 0 saturated heterocycles. The highest BCUT2D eigenvalue weighted by molar-refractivity contribution is 8.01. The molecule has 1 saturated carbocycles. The van der Waals surface area contributed by atoms with Crippen LogP contribution in [0.15, 0.2) is 46.8 Å². The zero-order valence-corrected chi connectivity index (χ0v) is 19.7. The quantitative estimate of drug-likeness (QED) is 0.368. The Kier molecular flexibility index (Phi) is 7.30. The maximum Gasteiger partial charge on any atom is 0.255 e. The van der Waals surface area contributed by atoms with Gasteiger partial charge in [0, 0.05) is 23.7 Å². The molecule has 0 atom stereocenters. The first-order valence-electron chi connectivity index (χ1n) is 10.2. The molecule has 0 bridgehead atoms. The monoisotopic (exact) mass is 485 g/mol. The van der Waals surface area contributed by atoms with Crippen LogP contribution in [-0.2, 0) is 4.79 Å². The zero-order valence-electron chi connectivity index (χ0n) is 18.1. The smallest absolute Gasteiger partial charge is 0.255 e. The van der Waals surface area contributed by atoms with Crippen molar-refractivity contribution >= 4 is 51.4 Å². The second-order valence-corrected chi connectivity index (χ2v) is 9.40. The molecule has 1 aliphatic carbocycles.